The number of halogens is 1. The highest BCUT2D eigenvalue weighted by Crippen LogP contribution is 2.21. The maximum absolute atomic E-state index is 13.6. The molecule has 132 valence electrons. The van der Waals surface area contributed by atoms with Gasteiger partial charge in [0, 0.05) is 6.04 Å². The number of rotatable bonds is 5. The van der Waals surface area contributed by atoms with Gasteiger partial charge in [0.15, 0.2) is 0 Å². The Labute approximate surface area is 147 Å². The number of hydrogen-bond donors (Lipinski definition) is 2. The smallest absolute Gasteiger partial charge is 0.230 e. The summed E-state index contributed by atoms with van der Waals surface area (Å²) in [6.45, 7) is 0. The van der Waals surface area contributed by atoms with Crippen LogP contribution in [0.15, 0.2) is 42.6 Å². The minimum Gasteiger partial charge on any atom is -0.381 e. The molecule has 0 spiro atoms. The van der Waals surface area contributed by atoms with Crippen LogP contribution in [0.5, 0.6) is 0 Å². The molecule has 5 heteroatoms. The summed E-state index contributed by atoms with van der Waals surface area (Å²) in [7, 11) is 0. The summed E-state index contributed by atoms with van der Waals surface area (Å²) in [6.07, 6.45) is 9.32. The molecule has 0 bridgehead atoms. The van der Waals surface area contributed by atoms with E-state index in [2.05, 4.69) is 15.6 Å². The van der Waals surface area contributed by atoms with Crippen molar-refractivity contribution in [3.8, 4) is 0 Å². The van der Waals surface area contributed by atoms with Crippen molar-refractivity contribution in [2.45, 2.75) is 51.0 Å². The van der Waals surface area contributed by atoms with Gasteiger partial charge in [0.25, 0.3) is 0 Å². The monoisotopic (exact) mass is 341 g/mol. The van der Waals surface area contributed by atoms with Crippen molar-refractivity contribution in [2.75, 3.05) is 10.6 Å². The Balaban J connectivity index is 1.53. The number of carbonyl (C=O) groups excluding carboxylic acids is 1. The molecule has 0 atom stereocenters. The maximum atomic E-state index is 13.6. The number of nitrogens with one attached hydrogen (secondary N) is 2. The van der Waals surface area contributed by atoms with Crippen LogP contribution in [0.3, 0.4) is 0 Å². The molecule has 2 N–H and O–H groups in total. The number of aromatic nitrogens is 1. The summed E-state index contributed by atoms with van der Waals surface area (Å²) < 4.78 is 13.6. The highest BCUT2D eigenvalue weighted by molar-refractivity contribution is 5.91. The minimum atomic E-state index is -0.367. The van der Waals surface area contributed by atoms with Crippen molar-refractivity contribution in [3.05, 3.63) is 54.0 Å². The van der Waals surface area contributed by atoms with Gasteiger partial charge < -0.3 is 10.6 Å². The van der Waals surface area contributed by atoms with Gasteiger partial charge in [-0.05, 0) is 36.6 Å². The normalized spacial score (nSPS) is 15.4. The summed E-state index contributed by atoms with van der Waals surface area (Å²) in [5.41, 5.74) is 1.35. The Bertz CT molecular complexity index is 694. The molecule has 2 aromatic rings. The molecule has 1 heterocycles. The SMILES string of the molecule is O=C(Cc1ccccc1F)Nc1ccc(NC2CCCCCC2)cn1. The van der Waals surface area contributed by atoms with Crippen molar-refractivity contribution in [3.63, 3.8) is 0 Å². The van der Waals surface area contributed by atoms with E-state index < -0.39 is 0 Å². The lowest BCUT2D eigenvalue weighted by molar-refractivity contribution is -0.115. The number of carbonyl (C=O) groups is 1. The van der Waals surface area contributed by atoms with E-state index in [4.69, 9.17) is 0 Å². The van der Waals surface area contributed by atoms with E-state index in [1.165, 1.54) is 44.6 Å². The third-order valence-electron chi connectivity index (χ3n) is 4.57. The Morgan fingerprint density at radius 3 is 2.52 bits per heavy atom. The summed E-state index contributed by atoms with van der Waals surface area (Å²) >= 11 is 0. The quantitative estimate of drug-likeness (QED) is 0.785. The van der Waals surface area contributed by atoms with Gasteiger partial charge in [-0.3, -0.25) is 4.79 Å². The second-order valence-corrected chi connectivity index (χ2v) is 6.58. The molecule has 1 aliphatic rings. The first-order valence-electron chi connectivity index (χ1n) is 8.96. The van der Waals surface area contributed by atoms with Crippen LogP contribution in [-0.4, -0.2) is 16.9 Å². The van der Waals surface area contributed by atoms with Crippen LogP contribution in [0.25, 0.3) is 0 Å². The number of nitrogens with zero attached hydrogens (tertiary/aromatic N) is 1. The molecule has 1 amide bonds. The number of anilines is 2. The highest BCUT2D eigenvalue weighted by Gasteiger charge is 2.12. The maximum Gasteiger partial charge on any atom is 0.230 e. The largest absolute Gasteiger partial charge is 0.381 e. The fourth-order valence-electron chi connectivity index (χ4n) is 3.21. The second kappa shape index (κ2) is 8.60. The zero-order valence-electron chi connectivity index (χ0n) is 14.3. The number of amides is 1. The van der Waals surface area contributed by atoms with Crippen molar-refractivity contribution in [1.29, 1.82) is 0 Å². The zero-order chi connectivity index (χ0) is 17.5. The first-order chi connectivity index (χ1) is 12.2. The molecule has 1 aromatic carbocycles. The van der Waals surface area contributed by atoms with E-state index in [-0.39, 0.29) is 18.1 Å². The molecular weight excluding hydrogens is 317 g/mol. The lowest BCUT2D eigenvalue weighted by atomic mass is 10.1. The molecule has 0 aliphatic heterocycles. The van der Waals surface area contributed by atoms with Crippen molar-refractivity contribution in [2.24, 2.45) is 0 Å². The van der Waals surface area contributed by atoms with Crippen molar-refractivity contribution < 1.29 is 9.18 Å². The fraction of sp³-hybridized carbons (Fsp3) is 0.400. The first-order valence-corrected chi connectivity index (χ1v) is 8.96. The van der Waals surface area contributed by atoms with Gasteiger partial charge in [-0.25, -0.2) is 9.37 Å². The molecular formula is C20H24FN3O. The Hall–Kier alpha value is -2.43. The van der Waals surface area contributed by atoms with E-state index in [1.54, 1.807) is 30.5 Å². The average molecular weight is 341 g/mol. The van der Waals surface area contributed by atoms with Gasteiger partial charge >= 0.3 is 0 Å². The molecule has 1 saturated carbocycles. The number of pyridine rings is 1. The van der Waals surface area contributed by atoms with Crippen LogP contribution in [0.1, 0.15) is 44.1 Å². The van der Waals surface area contributed by atoms with Crippen LogP contribution in [-0.2, 0) is 11.2 Å². The lowest BCUT2D eigenvalue weighted by Crippen LogP contribution is -2.19. The van der Waals surface area contributed by atoms with Gasteiger partial charge in [-0.15, -0.1) is 0 Å². The molecule has 1 aromatic heterocycles. The first kappa shape index (κ1) is 17.4. The Morgan fingerprint density at radius 2 is 1.84 bits per heavy atom. The Kier molecular flexibility index (Phi) is 5.99. The zero-order valence-corrected chi connectivity index (χ0v) is 14.3. The molecule has 1 aliphatic carbocycles. The van der Waals surface area contributed by atoms with Crippen LogP contribution >= 0.6 is 0 Å². The Morgan fingerprint density at radius 1 is 1.08 bits per heavy atom. The van der Waals surface area contributed by atoms with E-state index in [9.17, 15) is 9.18 Å². The molecule has 3 rings (SSSR count). The van der Waals surface area contributed by atoms with Crippen LogP contribution in [0.4, 0.5) is 15.9 Å². The van der Waals surface area contributed by atoms with Crippen molar-refractivity contribution in [1.82, 2.24) is 4.98 Å². The summed E-state index contributed by atoms with van der Waals surface area (Å²) in [6, 6.07) is 10.5. The molecule has 0 unspecified atom stereocenters. The number of hydrogen-bond acceptors (Lipinski definition) is 3. The van der Waals surface area contributed by atoms with Gasteiger partial charge in [0.05, 0.1) is 18.3 Å². The van der Waals surface area contributed by atoms with E-state index in [0.29, 0.717) is 17.4 Å². The predicted octanol–water partition coefficient (Wildman–Crippen LogP) is 4.54. The average Bonchev–Trinajstić information content (AvgIpc) is 2.87. The lowest BCUT2D eigenvalue weighted by Gasteiger charge is -2.17. The molecule has 25 heavy (non-hydrogen) atoms. The third-order valence-corrected chi connectivity index (χ3v) is 4.57. The van der Waals surface area contributed by atoms with Crippen LogP contribution in [0.2, 0.25) is 0 Å². The van der Waals surface area contributed by atoms with Crippen molar-refractivity contribution >= 4 is 17.4 Å². The van der Waals surface area contributed by atoms with Crippen LogP contribution < -0.4 is 10.6 Å². The minimum absolute atomic E-state index is 0.00354. The predicted molar refractivity (Wildman–Crippen MR) is 98.1 cm³/mol. The standard InChI is InChI=1S/C20H24FN3O/c21-18-10-6-5-7-15(18)13-20(25)24-19-12-11-17(14-22-19)23-16-8-3-1-2-4-9-16/h5-7,10-12,14,16,23H,1-4,8-9,13H2,(H,22,24,25). The van der Waals surface area contributed by atoms with Gasteiger partial charge in [-0.1, -0.05) is 43.9 Å². The summed E-state index contributed by atoms with van der Waals surface area (Å²) in [4.78, 5) is 16.3. The topological polar surface area (TPSA) is 54.0 Å². The van der Waals surface area contributed by atoms with E-state index in [1.807, 2.05) is 6.07 Å². The molecule has 0 saturated heterocycles. The molecule has 0 radical (unpaired) electrons. The van der Waals surface area contributed by atoms with E-state index in [0.717, 1.165) is 5.69 Å². The van der Waals surface area contributed by atoms with Gasteiger partial charge in [-0.2, -0.15) is 0 Å². The molecule has 4 nitrogen and oxygen atoms in total. The summed E-state index contributed by atoms with van der Waals surface area (Å²) in [5.74, 6) is -0.164. The van der Waals surface area contributed by atoms with Gasteiger partial charge in [0.1, 0.15) is 11.6 Å². The van der Waals surface area contributed by atoms with E-state index >= 15 is 0 Å². The fourth-order valence-corrected chi connectivity index (χ4v) is 3.21. The highest BCUT2D eigenvalue weighted by atomic mass is 19.1. The molecule has 1 fully saturated rings. The summed E-state index contributed by atoms with van der Waals surface area (Å²) in [5, 5.41) is 6.24. The number of benzene rings is 1. The van der Waals surface area contributed by atoms with Gasteiger partial charge in [0.2, 0.25) is 5.91 Å². The third kappa shape index (κ3) is 5.28. The second-order valence-electron chi connectivity index (χ2n) is 6.58. The van der Waals surface area contributed by atoms with Crippen LogP contribution in [0, 0.1) is 5.82 Å².